The van der Waals surface area contributed by atoms with Gasteiger partial charge in [-0.15, -0.1) is 0 Å². The quantitative estimate of drug-likeness (QED) is 0.0670. The second kappa shape index (κ2) is 40.0. The summed E-state index contributed by atoms with van der Waals surface area (Å²) in [5.74, 6) is 1.48. The first-order valence-corrected chi connectivity index (χ1v) is 22.2. The molecule has 0 heterocycles. The third-order valence-corrected chi connectivity index (χ3v) is 11.2. The molecule has 0 rings (SSSR count). The molecule has 0 spiro atoms. The lowest BCUT2D eigenvalue weighted by Gasteiger charge is -2.17. The van der Waals surface area contributed by atoms with Gasteiger partial charge < -0.3 is 5.32 Å². The van der Waals surface area contributed by atoms with Gasteiger partial charge in [-0.25, -0.2) is 0 Å². The molecule has 3 heteroatoms. The van der Waals surface area contributed by atoms with Gasteiger partial charge in [-0.2, -0.15) is 11.8 Å². The van der Waals surface area contributed by atoms with Gasteiger partial charge in [0.05, 0.1) is 0 Å². The Morgan fingerprint density at radius 3 is 1.02 bits per heavy atom. The molecule has 0 bridgehead atoms. The molecule has 1 atom stereocenters. The molecule has 0 aromatic heterocycles. The maximum atomic E-state index is 11.9. The van der Waals surface area contributed by atoms with Crippen molar-refractivity contribution in [1.82, 2.24) is 5.32 Å². The van der Waals surface area contributed by atoms with Crippen molar-refractivity contribution in [3.8, 4) is 0 Å². The predicted molar refractivity (Wildman–Crippen MR) is 208 cm³/mol. The van der Waals surface area contributed by atoms with E-state index in [0.29, 0.717) is 11.7 Å². The van der Waals surface area contributed by atoms with Crippen molar-refractivity contribution in [3.05, 3.63) is 0 Å². The van der Waals surface area contributed by atoms with Crippen molar-refractivity contribution in [1.29, 1.82) is 0 Å². The second-order valence-corrected chi connectivity index (χ2v) is 15.8. The minimum absolute atomic E-state index is 0.213. The molecule has 270 valence electrons. The number of hydrogen-bond acceptors (Lipinski definition) is 2. The molecule has 1 amide bonds. The van der Waals surface area contributed by atoms with E-state index in [0.717, 1.165) is 6.54 Å². The standard InChI is InChI=1S/C42H85NOS/c1-4-7-9-11-13-15-17-19-21-23-24-26-28-30-32-34-36-38-41(40-43-42(44)6-3)45-39-37-35-33-31-29-27-25-22-20-18-16-14-12-10-8-5-2/h41H,4-40H2,1-3H3,(H,43,44). The van der Waals surface area contributed by atoms with Crippen LogP contribution in [0.4, 0.5) is 0 Å². The number of unbranched alkanes of at least 4 members (excludes halogenated alkanes) is 31. The minimum Gasteiger partial charge on any atom is -0.355 e. The smallest absolute Gasteiger partial charge is 0.219 e. The van der Waals surface area contributed by atoms with Gasteiger partial charge in [0.1, 0.15) is 0 Å². The molecule has 0 aliphatic heterocycles. The molecule has 0 saturated carbocycles. The summed E-state index contributed by atoms with van der Waals surface area (Å²) < 4.78 is 0. The van der Waals surface area contributed by atoms with Gasteiger partial charge in [0.25, 0.3) is 0 Å². The number of hydrogen-bond donors (Lipinski definition) is 1. The average molecular weight is 652 g/mol. The first-order chi connectivity index (χ1) is 22.2. The van der Waals surface area contributed by atoms with Gasteiger partial charge >= 0.3 is 0 Å². The van der Waals surface area contributed by atoms with Crippen LogP contribution in [-0.4, -0.2) is 23.5 Å². The first kappa shape index (κ1) is 44.8. The molecule has 0 fully saturated rings. The average Bonchev–Trinajstić information content (AvgIpc) is 3.05. The van der Waals surface area contributed by atoms with Gasteiger partial charge in [0, 0.05) is 18.2 Å². The highest BCUT2D eigenvalue weighted by Crippen LogP contribution is 2.21. The van der Waals surface area contributed by atoms with E-state index in [1.54, 1.807) is 0 Å². The van der Waals surface area contributed by atoms with Crippen LogP contribution in [-0.2, 0) is 4.79 Å². The Hall–Kier alpha value is -0.180. The number of amides is 1. The summed E-state index contributed by atoms with van der Waals surface area (Å²) in [7, 11) is 0. The second-order valence-electron chi connectivity index (χ2n) is 14.4. The van der Waals surface area contributed by atoms with Gasteiger partial charge in [0.15, 0.2) is 0 Å². The first-order valence-electron chi connectivity index (χ1n) is 21.1. The largest absolute Gasteiger partial charge is 0.355 e. The summed E-state index contributed by atoms with van der Waals surface area (Å²) in [6, 6.07) is 0. The molecule has 0 radical (unpaired) electrons. The Balaban J connectivity index is 3.61. The van der Waals surface area contributed by atoms with Crippen LogP contribution < -0.4 is 5.32 Å². The fourth-order valence-corrected chi connectivity index (χ4v) is 7.83. The maximum absolute atomic E-state index is 11.9. The predicted octanol–water partition coefficient (Wildman–Crippen LogP) is 14.9. The van der Waals surface area contributed by atoms with Crippen LogP contribution in [0.3, 0.4) is 0 Å². The molecule has 0 aromatic rings. The summed E-state index contributed by atoms with van der Waals surface area (Å²) >= 11 is 2.13. The lowest BCUT2D eigenvalue weighted by atomic mass is 10.0. The highest BCUT2D eigenvalue weighted by Gasteiger charge is 2.10. The summed E-state index contributed by atoms with van der Waals surface area (Å²) in [5, 5.41) is 3.79. The Morgan fingerprint density at radius 2 is 0.711 bits per heavy atom. The highest BCUT2D eigenvalue weighted by atomic mass is 32.2. The fraction of sp³-hybridized carbons (Fsp3) is 0.976. The van der Waals surface area contributed by atoms with Gasteiger partial charge in [0.2, 0.25) is 5.91 Å². The lowest BCUT2D eigenvalue weighted by molar-refractivity contribution is -0.120. The number of rotatable bonds is 39. The topological polar surface area (TPSA) is 29.1 Å². The number of thioether (sulfide) groups is 1. The molecular weight excluding hydrogens is 567 g/mol. The molecule has 0 aromatic carbocycles. The molecule has 1 N–H and O–H groups in total. The van der Waals surface area contributed by atoms with Crippen LogP contribution in [0.5, 0.6) is 0 Å². The van der Waals surface area contributed by atoms with Crippen LogP contribution in [0.15, 0.2) is 0 Å². The van der Waals surface area contributed by atoms with Crippen molar-refractivity contribution in [2.24, 2.45) is 0 Å². The van der Waals surface area contributed by atoms with Crippen LogP contribution in [0, 0.1) is 0 Å². The normalized spacial score (nSPS) is 12.2. The van der Waals surface area contributed by atoms with Gasteiger partial charge in [-0.05, 0) is 18.6 Å². The molecule has 0 aliphatic rings. The van der Waals surface area contributed by atoms with Gasteiger partial charge in [-0.1, -0.05) is 226 Å². The molecule has 0 saturated heterocycles. The molecule has 0 aliphatic carbocycles. The third kappa shape index (κ3) is 38.2. The number of carbonyl (C=O) groups excluding carboxylic acids is 1. The van der Waals surface area contributed by atoms with E-state index in [1.807, 2.05) is 6.92 Å². The van der Waals surface area contributed by atoms with Gasteiger partial charge in [-0.3, -0.25) is 4.79 Å². The van der Waals surface area contributed by atoms with E-state index >= 15 is 0 Å². The molecule has 1 unspecified atom stereocenters. The summed E-state index contributed by atoms with van der Waals surface area (Å²) in [6.07, 6.45) is 49.1. The number of nitrogens with one attached hydrogen (secondary N) is 1. The van der Waals surface area contributed by atoms with Crippen molar-refractivity contribution < 1.29 is 4.79 Å². The van der Waals surface area contributed by atoms with Crippen molar-refractivity contribution in [2.75, 3.05) is 12.3 Å². The van der Waals surface area contributed by atoms with Crippen LogP contribution in [0.25, 0.3) is 0 Å². The van der Waals surface area contributed by atoms with Crippen molar-refractivity contribution in [3.63, 3.8) is 0 Å². The highest BCUT2D eigenvalue weighted by molar-refractivity contribution is 7.99. The van der Waals surface area contributed by atoms with E-state index in [4.69, 9.17) is 0 Å². The van der Waals surface area contributed by atoms with Crippen molar-refractivity contribution >= 4 is 17.7 Å². The summed E-state index contributed by atoms with van der Waals surface area (Å²) in [6.45, 7) is 7.44. The Labute approximate surface area is 290 Å². The molecule has 45 heavy (non-hydrogen) atoms. The zero-order chi connectivity index (χ0) is 32.7. The minimum atomic E-state index is 0.213. The van der Waals surface area contributed by atoms with Crippen LogP contribution >= 0.6 is 11.8 Å². The monoisotopic (exact) mass is 652 g/mol. The van der Waals surface area contributed by atoms with E-state index in [-0.39, 0.29) is 5.91 Å². The zero-order valence-corrected chi connectivity index (χ0v) is 32.4. The lowest BCUT2D eigenvalue weighted by Crippen LogP contribution is -2.30. The van der Waals surface area contributed by atoms with E-state index in [9.17, 15) is 4.79 Å². The molecule has 2 nitrogen and oxygen atoms in total. The van der Waals surface area contributed by atoms with E-state index in [1.165, 1.54) is 224 Å². The SMILES string of the molecule is CCCCCCCCCCCCCCCCCCCC(CNC(=O)CC)SCCCCCCCCCCCCCCCCCC. The third-order valence-electron chi connectivity index (χ3n) is 9.83. The Morgan fingerprint density at radius 1 is 0.422 bits per heavy atom. The zero-order valence-electron chi connectivity index (χ0n) is 31.6. The van der Waals surface area contributed by atoms with Crippen LogP contribution in [0.2, 0.25) is 0 Å². The van der Waals surface area contributed by atoms with E-state index in [2.05, 4.69) is 30.9 Å². The fourth-order valence-electron chi connectivity index (χ4n) is 6.59. The van der Waals surface area contributed by atoms with E-state index < -0.39 is 0 Å². The summed E-state index contributed by atoms with van der Waals surface area (Å²) in [5.41, 5.74) is 0. The van der Waals surface area contributed by atoms with Crippen molar-refractivity contribution in [2.45, 2.75) is 251 Å². The summed E-state index contributed by atoms with van der Waals surface area (Å²) in [4.78, 5) is 11.9. The Bertz CT molecular complexity index is 515. The maximum Gasteiger partial charge on any atom is 0.219 e. The van der Waals surface area contributed by atoms with Crippen LogP contribution in [0.1, 0.15) is 245 Å². The number of carbonyl (C=O) groups is 1. The molecular formula is C42H85NOS. The Kier molecular flexibility index (Phi) is 39.8.